The number of carbonyl (C=O) groups excluding carboxylic acids is 1. The van der Waals surface area contributed by atoms with Crippen LogP contribution in [0.1, 0.15) is 75.8 Å². The second kappa shape index (κ2) is 9.40. The number of carbonyl (C=O) groups is 1. The highest BCUT2D eigenvalue weighted by atomic mass is 16.5. The molecule has 0 bridgehead atoms. The van der Waals surface area contributed by atoms with Crippen LogP contribution in [0.2, 0.25) is 0 Å². The second-order valence-corrected chi connectivity index (χ2v) is 8.10. The molecule has 0 heterocycles. The Hall–Kier alpha value is -1.31. The van der Waals surface area contributed by atoms with E-state index in [-0.39, 0.29) is 6.61 Å². The lowest BCUT2D eigenvalue weighted by Gasteiger charge is -2.32. The van der Waals surface area contributed by atoms with E-state index >= 15 is 0 Å². The Kier molecular flexibility index (Phi) is 6.95. The van der Waals surface area contributed by atoms with Crippen molar-refractivity contribution in [1.29, 1.82) is 0 Å². The Morgan fingerprint density at radius 1 is 1.08 bits per heavy atom. The zero-order chi connectivity index (χ0) is 17.5. The van der Waals surface area contributed by atoms with E-state index in [4.69, 9.17) is 4.74 Å². The van der Waals surface area contributed by atoms with Crippen molar-refractivity contribution in [2.45, 2.75) is 77.6 Å². The summed E-state index contributed by atoms with van der Waals surface area (Å²) in [7, 11) is 0. The van der Waals surface area contributed by atoms with Gasteiger partial charge in [-0.15, -0.1) is 0 Å². The third kappa shape index (κ3) is 4.65. The van der Waals surface area contributed by atoms with E-state index in [1.807, 2.05) is 6.07 Å². The molecule has 0 N–H and O–H groups in total. The molecule has 25 heavy (non-hydrogen) atoms. The first kappa shape index (κ1) is 18.5. The minimum absolute atomic E-state index is 0.172. The predicted octanol–water partition coefficient (Wildman–Crippen LogP) is 5.76. The summed E-state index contributed by atoms with van der Waals surface area (Å²) >= 11 is 0. The lowest BCUT2D eigenvalue weighted by atomic mass is 9.73. The first-order valence-corrected chi connectivity index (χ1v) is 10.5. The van der Waals surface area contributed by atoms with Crippen molar-refractivity contribution in [3.8, 4) is 5.75 Å². The molecule has 0 radical (unpaired) electrons. The molecule has 1 fully saturated rings. The molecule has 1 aromatic rings. The molecule has 2 aliphatic carbocycles. The quantitative estimate of drug-likeness (QED) is 0.399. The maximum Gasteiger partial charge on any atom is 0.157 e. The molecule has 1 aromatic carbocycles. The zero-order valence-corrected chi connectivity index (χ0v) is 15.8. The number of unbranched alkanes of at least 4 members (excludes halogenated alkanes) is 5. The predicted molar refractivity (Wildman–Crippen MR) is 103 cm³/mol. The number of benzene rings is 1. The van der Waals surface area contributed by atoms with Crippen LogP contribution in [0.25, 0.3) is 0 Å². The maximum absolute atomic E-state index is 10.6. The van der Waals surface area contributed by atoms with E-state index in [2.05, 4.69) is 19.1 Å². The van der Waals surface area contributed by atoms with Crippen LogP contribution in [-0.2, 0) is 17.6 Å². The molecule has 2 nitrogen and oxygen atoms in total. The molecular weight excluding hydrogens is 308 g/mol. The van der Waals surface area contributed by atoms with Gasteiger partial charge in [0.1, 0.15) is 12.4 Å². The van der Waals surface area contributed by atoms with Crippen molar-refractivity contribution >= 4 is 6.29 Å². The molecule has 0 aliphatic heterocycles. The summed E-state index contributed by atoms with van der Waals surface area (Å²) in [5, 5.41) is 0. The molecule has 2 aliphatic rings. The van der Waals surface area contributed by atoms with Crippen LogP contribution >= 0.6 is 0 Å². The maximum atomic E-state index is 10.6. The second-order valence-electron chi connectivity index (χ2n) is 8.10. The Morgan fingerprint density at radius 3 is 2.76 bits per heavy atom. The fraction of sp³-hybridized carbons (Fsp3) is 0.696. The Morgan fingerprint density at radius 2 is 1.92 bits per heavy atom. The van der Waals surface area contributed by atoms with Crippen molar-refractivity contribution in [2.24, 2.45) is 17.8 Å². The van der Waals surface area contributed by atoms with Crippen molar-refractivity contribution < 1.29 is 9.53 Å². The number of rotatable bonds is 10. The van der Waals surface area contributed by atoms with Gasteiger partial charge in [0.15, 0.2) is 6.29 Å². The fourth-order valence-electron chi connectivity index (χ4n) is 5.18. The van der Waals surface area contributed by atoms with Gasteiger partial charge in [0.2, 0.25) is 0 Å². The van der Waals surface area contributed by atoms with Crippen molar-refractivity contribution in [3.63, 3.8) is 0 Å². The lowest BCUT2D eigenvalue weighted by Crippen LogP contribution is -2.25. The molecule has 138 valence electrons. The SMILES string of the molecule is CCCCCCCC[C@H]1CCC2Cc3c(cccc3OCC=O)CC21. The van der Waals surface area contributed by atoms with Crippen LogP contribution in [0.15, 0.2) is 18.2 Å². The monoisotopic (exact) mass is 342 g/mol. The van der Waals surface area contributed by atoms with Gasteiger partial charge < -0.3 is 4.74 Å². The highest BCUT2D eigenvalue weighted by Crippen LogP contribution is 2.48. The van der Waals surface area contributed by atoms with Crippen LogP contribution < -0.4 is 4.74 Å². The Balaban J connectivity index is 1.54. The molecule has 2 unspecified atom stereocenters. The molecule has 0 spiro atoms. The smallest absolute Gasteiger partial charge is 0.157 e. The molecule has 0 saturated heterocycles. The zero-order valence-electron chi connectivity index (χ0n) is 15.8. The van der Waals surface area contributed by atoms with Crippen LogP contribution in [0, 0.1) is 17.8 Å². The van der Waals surface area contributed by atoms with E-state index in [1.54, 1.807) is 0 Å². The average Bonchev–Trinajstić information content (AvgIpc) is 3.03. The van der Waals surface area contributed by atoms with Gasteiger partial charge in [0.25, 0.3) is 0 Å². The Bertz CT molecular complexity index is 551. The van der Waals surface area contributed by atoms with E-state index in [1.165, 1.54) is 75.3 Å². The van der Waals surface area contributed by atoms with Gasteiger partial charge in [0.05, 0.1) is 0 Å². The molecule has 3 atom stereocenters. The minimum atomic E-state index is 0.172. The highest BCUT2D eigenvalue weighted by Gasteiger charge is 2.39. The molecule has 0 aromatic heterocycles. The van der Waals surface area contributed by atoms with Gasteiger partial charge in [-0.05, 0) is 60.6 Å². The summed E-state index contributed by atoms with van der Waals surface area (Å²) in [6.45, 7) is 2.46. The van der Waals surface area contributed by atoms with Gasteiger partial charge in [-0.25, -0.2) is 0 Å². The molecule has 2 heteroatoms. The first-order chi connectivity index (χ1) is 12.3. The summed E-state index contributed by atoms with van der Waals surface area (Å²) in [6, 6.07) is 6.40. The number of hydrogen-bond donors (Lipinski definition) is 0. The third-order valence-corrected chi connectivity index (χ3v) is 6.51. The van der Waals surface area contributed by atoms with E-state index in [0.29, 0.717) is 0 Å². The average molecular weight is 343 g/mol. The first-order valence-electron chi connectivity index (χ1n) is 10.5. The lowest BCUT2D eigenvalue weighted by molar-refractivity contribution is -0.109. The normalized spacial score (nSPS) is 24.6. The van der Waals surface area contributed by atoms with Gasteiger partial charge in [0, 0.05) is 0 Å². The summed E-state index contributed by atoms with van der Waals surface area (Å²) < 4.78 is 5.67. The van der Waals surface area contributed by atoms with Gasteiger partial charge in [-0.3, -0.25) is 4.79 Å². The summed E-state index contributed by atoms with van der Waals surface area (Å²) in [6.07, 6.45) is 15.9. The molecule has 3 rings (SSSR count). The number of aldehydes is 1. The topological polar surface area (TPSA) is 26.3 Å². The summed E-state index contributed by atoms with van der Waals surface area (Å²) in [5.41, 5.74) is 2.85. The third-order valence-electron chi connectivity index (χ3n) is 6.51. The van der Waals surface area contributed by atoms with Crippen LogP contribution in [0.3, 0.4) is 0 Å². The number of fused-ring (bicyclic) bond motifs is 2. The largest absolute Gasteiger partial charge is 0.486 e. The molecule has 1 saturated carbocycles. The van der Waals surface area contributed by atoms with Crippen molar-refractivity contribution in [2.75, 3.05) is 6.61 Å². The number of hydrogen-bond acceptors (Lipinski definition) is 2. The van der Waals surface area contributed by atoms with E-state index in [0.717, 1.165) is 36.2 Å². The number of ether oxygens (including phenoxy) is 1. The van der Waals surface area contributed by atoms with E-state index < -0.39 is 0 Å². The molecular formula is C23H34O2. The van der Waals surface area contributed by atoms with Crippen LogP contribution in [0.4, 0.5) is 0 Å². The van der Waals surface area contributed by atoms with Gasteiger partial charge >= 0.3 is 0 Å². The standard InChI is InChI=1S/C23H34O2/c1-2-3-4-5-6-7-9-18-12-13-20-17-22-19(16-21(18)20)10-8-11-23(22)25-15-14-24/h8,10-11,14,18,20-21H,2-7,9,12-13,15-17H2,1H3/t18-,20?,21?/m0/s1. The highest BCUT2D eigenvalue weighted by molar-refractivity contribution is 5.52. The van der Waals surface area contributed by atoms with E-state index in [9.17, 15) is 4.79 Å². The summed E-state index contributed by atoms with van der Waals surface area (Å²) in [4.78, 5) is 10.6. The van der Waals surface area contributed by atoms with Crippen molar-refractivity contribution in [1.82, 2.24) is 0 Å². The van der Waals surface area contributed by atoms with Crippen LogP contribution in [-0.4, -0.2) is 12.9 Å². The van der Waals surface area contributed by atoms with Crippen LogP contribution in [0.5, 0.6) is 5.75 Å². The van der Waals surface area contributed by atoms with Gasteiger partial charge in [-0.2, -0.15) is 0 Å². The minimum Gasteiger partial charge on any atom is -0.486 e. The summed E-state index contributed by atoms with van der Waals surface area (Å²) in [5.74, 6) is 3.59. The van der Waals surface area contributed by atoms with Crippen molar-refractivity contribution in [3.05, 3.63) is 29.3 Å². The fourth-order valence-corrected chi connectivity index (χ4v) is 5.18. The Labute approximate surface area is 153 Å². The molecule has 0 amide bonds. The van der Waals surface area contributed by atoms with Gasteiger partial charge in [-0.1, -0.05) is 64.0 Å².